The van der Waals surface area contributed by atoms with Crippen molar-refractivity contribution in [3.63, 3.8) is 0 Å². The van der Waals surface area contributed by atoms with Crippen LogP contribution < -0.4 is 0 Å². The molecule has 0 aliphatic rings. The normalized spacial score (nSPS) is 11.7. The van der Waals surface area contributed by atoms with Gasteiger partial charge in [-0.2, -0.15) is 8.78 Å². The molecule has 0 fully saturated rings. The molecule has 0 aliphatic carbocycles. The average Bonchev–Trinajstić information content (AvgIpc) is 2.31. The molecule has 0 bridgehead atoms. The Morgan fingerprint density at radius 1 is 1.47 bits per heavy atom. The molecule has 1 aromatic rings. The van der Waals surface area contributed by atoms with Crippen LogP contribution in [0.25, 0.3) is 0 Å². The topological polar surface area (TPSA) is 26.3 Å². The fourth-order valence-corrected chi connectivity index (χ4v) is 2.53. The van der Waals surface area contributed by atoms with Gasteiger partial charge in [0.1, 0.15) is 0 Å². The van der Waals surface area contributed by atoms with Crippen LogP contribution in [0.4, 0.5) is 8.78 Å². The van der Waals surface area contributed by atoms with Crippen LogP contribution in [-0.4, -0.2) is 17.8 Å². The van der Waals surface area contributed by atoms with Crippen LogP contribution in [0.2, 0.25) is 5.02 Å². The lowest BCUT2D eigenvalue weighted by atomic mass is 10.1. The van der Waals surface area contributed by atoms with Gasteiger partial charge >= 0.3 is 11.9 Å². The Balaban J connectivity index is 3.02. The summed E-state index contributed by atoms with van der Waals surface area (Å²) in [4.78, 5) is 11.9. The molecule has 0 N–H and O–H groups in total. The van der Waals surface area contributed by atoms with Crippen molar-refractivity contribution in [1.82, 2.24) is 0 Å². The highest BCUT2D eigenvalue weighted by Crippen LogP contribution is 2.36. The van der Waals surface area contributed by atoms with E-state index in [4.69, 9.17) is 11.6 Å². The van der Waals surface area contributed by atoms with E-state index in [0.717, 1.165) is 6.07 Å². The lowest BCUT2D eigenvalue weighted by Crippen LogP contribution is -2.28. The van der Waals surface area contributed by atoms with E-state index in [0.29, 0.717) is 4.90 Å². The van der Waals surface area contributed by atoms with Gasteiger partial charge in [0.25, 0.3) is 0 Å². The third-order valence-electron chi connectivity index (χ3n) is 2.19. The highest BCUT2D eigenvalue weighted by atomic mass is 35.5. The fourth-order valence-electron chi connectivity index (χ4n) is 1.39. The van der Waals surface area contributed by atoms with E-state index in [9.17, 15) is 13.6 Å². The van der Waals surface area contributed by atoms with E-state index in [-0.39, 0.29) is 16.9 Å². The molecule has 0 spiro atoms. The molecule has 0 aliphatic heterocycles. The Labute approximate surface area is 120 Å². The minimum absolute atomic E-state index is 0.0938. The van der Waals surface area contributed by atoms with Crippen molar-refractivity contribution < 1.29 is 18.3 Å². The molecule has 0 saturated carbocycles. The zero-order valence-electron chi connectivity index (χ0n) is 10.9. The number of rotatable bonds is 5. The zero-order chi connectivity index (χ0) is 14.6. The molecule has 0 atom stereocenters. The number of hydrogen-bond donors (Lipinski definition) is 0. The third kappa shape index (κ3) is 4.08. The number of benzene rings is 1. The molecule has 0 aromatic heterocycles. The molecular formula is C13H15ClF2O2S. The second-order valence-corrected chi connectivity index (χ2v) is 6.13. The summed E-state index contributed by atoms with van der Waals surface area (Å²) in [6.45, 7) is 5.33. The number of carbonyl (C=O) groups is 1. The summed E-state index contributed by atoms with van der Waals surface area (Å²) < 4.78 is 31.9. The van der Waals surface area contributed by atoms with E-state index < -0.39 is 17.5 Å². The van der Waals surface area contributed by atoms with Gasteiger partial charge in [0, 0.05) is 15.7 Å². The highest BCUT2D eigenvalue weighted by molar-refractivity contribution is 8.00. The monoisotopic (exact) mass is 308 g/mol. The third-order valence-corrected chi connectivity index (χ3v) is 3.69. The maximum atomic E-state index is 13.8. The second-order valence-electron chi connectivity index (χ2n) is 4.11. The van der Waals surface area contributed by atoms with Crippen LogP contribution in [-0.2, 0) is 15.5 Å². The summed E-state index contributed by atoms with van der Waals surface area (Å²) in [5, 5.41) is 0.495. The molecule has 1 aromatic carbocycles. The Bertz CT molecular complexity index is 464. The van der Waals surface area contributed by atoms with Crippen molar-refractivity contribution in [3.05, 3.63) is 28.8 Å². The van der Waals surface area contributed by atoms with Gasteiger partial charge in [0.05, 0.1) is 11.6 Å². The van der Waals surface area contributed by atoms with Crippen LogP contribution in [0.3, 0.4) is 0 Å². The number of carbonyl (C=O) groups excluding carboxylic acids is 1. The number of esters is 1. The molecule has 0 amide bonds. The van der Waals surface area contributed by atoms with Crippen molar-refractivity contribution in [2.45, 2.75) is 36.8 Å². The number of halogens is 3. The number of alkyl halides is 2. The fraction of sp³-hybridized carbons (Fsp3) is 0.462. The lowest BCUT2D eigenvalue weighted by Gasteiger charge is -2.16. The zero-order valence-corrected chi connectivity index (χ0v) is 12.4. The quantitative estimate of drug-likeness (QED) is 0.592. The molecular weight excluding hydrogens is 294 g/mol. The molecule has 0 saturated heterocycles. The SMILES string of the molecule is CCOC(=O)C(F)(F)c1ccc(SC(C)C)c(Cl)c1. The van der Waals surface area contributed by atoms with Crippen LogP contribution in [0.1, 0.15) is 26.3 Å². The summed E-state index contributed by atoms with van der Waals surface area (Å²) in [7, 11) is 0. The van der Waals surface area contributed by atoms with Gasteiger partial charge in [-0.05, 0) is 19.1 Å². The molecule has 106 valence electrons. The predicted molar refractivity (Wildman–Crippen MR) is 73.0 cm³/mol. The smallest absolute Gasteiger partial charge is 0.381 e. The molecule has 0 heterocycles. The van der Waals surface area contributed by atoms with Crippen molar-refractivity contribution in [1.29, 1.82) is 0 Å². The Hall–Kier alpha value is -0.810. The van der Waals surface area contributed by atoms with Gasteiger partial charge in [-0.15, -0.1) is 11.8 Å². The van der Waals surface area contributed by atoms with E-state index >= 15 is 0 Å². The largest absolute Gasteiger partial charge is 0.461 e. The molecule has 0 unspecified atom stereocenters. The van der Waals surface area contributed by atoms with Crippen LogP contribution in [0, 0.1) is 0 Å². The minimum Gasteiger partial charge on any atom is -0.461 e. The van der Waals surface area contributed by atoms with Crippen LogP contribution in [0.15, 0.2) is 23.1 Å². The maximum Gasteiger partial charge on any atom is 0.381 e. The van der Waals surface area contributed by atoms with Gasteiger partial charge in [-0.1, -0.05) is 31.5 Å². The van der Waals surface area contributed by atoms with Crippen molar-refractivity contribution >= 4 is 29.3 Å². The standard InChI is InChI=1S/C13H15ClF2O2S/c1-4-18-12(17)13(15,16)9-5-6-11(10(14)7-9)19-8(2)3/h5-8H,4H2,1-3H3. The lowest BCUT2D eigenvalue weighted by molar-refractivity contribution is -0.173. The van der Waals surface area contributed by atoms with E-state index in [1.54, 1.807) is 0 Å². The first-order valence-corrected chi connectivity index (χ1v) is 7.06. The summed E-state index contributed by atoms with van der Waals surface area (Å²) in [5.41, 5.74) is -0.455. The minimum atomic E-state index is -3.68. The first-order chi connectivity index (χ1) is 8.78. The Morgan fingerprint density at radius 2 is 2.11 bits per heavy atom. The highest BCUT2D eigenvalue weighted by Gasteiger charge is 2.42. The Kier molecular flexibility index (Phi) is 5.62. The second kappa shape index (κ2) is 6.57. The van der Waals surface area contributed by atoms with Gasteiger partial charge in [-0.3, -0.25) is 0 Å². The van der Waals surface area contributed by atoms with E-state index in [1.165, 1.54) is 30.8 Å². The molecule has 19 heavy (non-hydrogen) atoms. The van der Waals surface area contributed by atoms with Crippen molar-refractivity contribution in [2.75, 3.05) is 6.61 Å². The predicted octanol–water partition coefficient (Wildman–Crippen LogP) is 4.50. The number of thioether (sulfide) groups is 1. The molecule has 6 heteroatoms. The van der Waals surface area contributed by atoms with Gasteiger partial charge < -0.3 is 4.74 Å². The summed E-state index contributed by atoms with van der Waals surface area (Å²) in [5.74, 6) is -5.24. The van der Waals surface area contributed by atoms with Crippen molar-refractivity contribution in [3.8, 4) is 0 Å². The number of hydrogen-bond acceptors (Lipinski definition) is 3. The number of ether oxygens (including phenoxy) is 1. The van der Waals surface area contributed by atoms with Gasteiger partial charge in [0.15, 0.2) is 0 Å². The molecule has 0 radical (unpaired) electrons. The van der Waals surface area contributed by atoms with Gasteiger partial charge in [0.2, 0.25) is 0 Å². The van der Waals surface area contributed by atoms with Gasteiger partial charge in [-0.25, -0.2) is 4.79 Å². The average molecular weight is 309 g/mol. The van der Waals surface area contributed by atoms with E-state index in [2.05, 4.69) is 4.74 Å². The maximum absolute atomic E-state index is 13.8. The molecule has 2 nitrogen and oxygen atoms in total. The first kappa shape index (κ1) is 16.2. The van der Waals surface area contributed by atoms with Crippen LogP contribution >= 0.6 is 23.4 Å². The van der Waals surface area contributed by atoms with Crippen molar-refractivity contribution in [2.24, 2.45) is 0 Å². The molecule has 1 rings (SSSR count). The summed E-state index contributed by atoms with van der Waals surface area (Å²) >= 11 is 7.43. The Morgan fingerprint density at radius 3 is 2.58 bits per heavy atom. The van der Waals surface area contributed by atoms with E-state index in [1.807, 2.05) is 13.8 Å². The first-order valence-electron chi connectivity index (χ1n) is 5.80. The summed E-state index contributed by atoms with van der Waals surface area (Å²) in [6, 6.07) is 3.81. The van der Waals surface area contributed by atoms with Crippen LogP contribution in [0.5, 0.6) is 0 Å². The summed E-state index contributed by atoms with van der Waals surface area (Å²) in [6.07, 6.45) is 0.